The zero-order chi connectivity index (χ0) is 18.5. The van der Waals surface area contributed by atoms with Crippen molar-refractivity contribution >= 4 is 28.4 Å². The number of aromatic amines is 1. The molecule has 1 saturated carbocycles. The van der Waals surface area contributed by atoms with Gasteiger partial charge in [0, 0.05) is 47.4 Å². The maximum Gasteiger partial charge on any atom is 0.231 e. The number of hydrogen-bond acceptors (Lipinski definition) is 4. The lowest BCUT2D eigenvalue weighted by Crippen LogP contribution is -2.15. The topological polar surface area (TPSA) is 84.3 Å². The quantitative estimate of drug-likeness (QED) is 0.582. The van der Waals surface area contributed by atoms with E-state index in [9.17, 15) is 9.18 Å². The van der Waals surface area contributed by atoms with Crippen LogP contribution in [-0.4, -0.2) is 38.5 Å². The van der Waals surface area contributed by atoms with Crippen LogP contribution in [0.5, 0.6) is 5.75 Å². The van der Waals surface area contributed by atoms with Gasteiger partial charge in [-0.3, -0.25) is 4.79 Å². The minimum absolute atomic E-state index is 0.289. The number of ether oxygens (including phenoxy) is 1. The third kappa shape index (κ3) is 2.61. The lowest BCUT2D eigenvalue weighted by atomic mass is 10.1. The molecule has 0 spiro atoms. The molecule has 1 fully saturated rings. The molecule has 0 saturated heterocycles. The van der Waals surface area contributed by atoms with E-state index in [0.29, 0.717) is 17.2 Å². The molecule has 4 heterocycles. The summed E-state index contributed by atoms with van der Waals surface area (Å²) in [6, 6.07) is 5.47. The van der Waals surface area contributed by atoms with Gasteiger partial charge in [0.1, 0.15) is 29.0 Å². The minimum Gasteiger partial charge on any atom is -0.496 e. The van der Waals surface area contributed by atoms with Crippen LogP contribution in [0.25, 0.3) is 27.8 Å². The summed E-state index contributed by atoms with van der Waals surface area (Å²) in [5.74, 6) is 0.230. The summed E-state index contributed by atoms with van der Waals surface area (Å²) in [5, 5.41) is 3.56. The number of anilines is 1. The Morgan fingerprint density at radius 3 is 3.04 bits per heavy atom. The number of carbonyl (C=O) groups is 1. The molecule has 1 aliphatic carbocycles. The Morgan fingerprint density at radius 2 is 2.26 bits per heavy atom. The Kier molecular flexibility index (Phi) is 3.40. The summed E-state index contributed by atoms with van der Waals surface area (Å²) in [6.45, 7) is 0. The number of fused-ring (bicyclic) bond motifs is 2. The molecule has 1 amide bonds. The molecule has 2 atom stereocenters. The Labute approximate surface area is 153 Å². The molecule has 8 heteroatoms. The van der Waals surface area contributed by atoms with Gasteiger partial charge in [0.25, 0.3) is 0 Å². The highest BCUT2D eigenvalue weighted by Crippen LogP contribution is 2.37. The number of nitrogens with zero attached hydrogens (tertiary/aromatic N) is 3. The van der Waals surface area contributed by atoms with Crippen molar-refractivity contribution < 1.29 is 13.9 Å². The van der Waals surface area contributed by atoms with E-state index in [2.05, 4.69) is 20.3 Å². The number of rotatable bonds is 4. The van der Waals surface area contributed by atoms with Gasteiger partial charge in [0.2, 0.25) is 5.91 Å². The van der Waals surface area contributed by atoms with Crippen molar-refractivity contribution in [2.45, 2.75) is 12.6 Å². The Morgan fingerprint density at radius 1 is 1.41 bits per heavy atom. The van der Waals surface area contributed by atoms with E-state index in [-0.39, 0.29) is 12.3 Å². The second-order valence-corrected chi connectivity index (χ2v) is 6.59. The number of alkyl halides is 1. The highest BCUT2D eigenvalue weighted by molar-refractivity contribution is 5.98. The van der Waals surface area contributed by atoms with Gasteiger partial charge in [-0.2, -0.15) is 0 Å². The molecule has 0 unspecified atom stereocenters. The summed E-state index contributed by atoms with van der Waals surface area (Å²) < 4.78 is 20.5. The largest absolute Gasteiger partial charge is 0.496 e. The van der Waals surface area contributed by atoms with Crippen molar-refractivity contribution in [2.75, 3.05) is 12.4 Å². The van der Waals surface area contributed by atoms with Crippen LogP contribution in [0.1, 0.15) is 6.42 Å². The van der Waals surface area contributed by atoms with E-state index in [1.165, 1.54) is 0 Å². The predicted molar refractivity (Wildman–Crippen MR) is 98.5 cm³/mol. The molecule has 7 nitrogen and oxygen atoms in total. The number of aromatic nitrogens is 4. The fourth-order valence-corrected chi connectivity index (χ4v) is 3.27. The molecule has 136 valence electrons. The standard InChI is InChI=1S/C19H16FN5O2/c1-27-15-7-17-21-4-5-25(17)9-13(15)12-8-22-18-10(12)2-3-16(23-18)24-19(26)11-6-14(11)20/h2-5,7-9,11,14H,6H2,1H3,(H2,22,23,24,26)/t11-,14+/m1/s1. The maximum atomic E-state index is 13.0. The van der Waals surface area contributed by atoms with Crippen molar-refractivity contribution in [2.24, 2.45) is 5.92 Å². The Bertz CT molecular complexity index is 1180. The first kappa shape index (κ1) is 15.8. The van der Waals surface area contributed by atoms with Gasteiger partial charge in [-0.05, 0) is 18.6 Å². The van der Waals surface area contributed by atoms with Crippen molar-refractivity contribution in [3.63, 3.8) is 0 Å². The number of imidazole rings is 1. The minimum atomic E-state index is -1.03. The maximum absolute atomic E-state index is 13.0. The van der Waals surface area contributed by atoms with E-state index >= 15 is 0 Å². The third-order valence-corrected chi connectivity index (χ3v) is 4.84. The molecule has 0 aliphatic heterocycles. The average Bonchev–Trinajstić information content (AvgIpc) is 3.07. The van der Waals surface area contributed by atoms with Gasteiger partial charge in [0.15, 0.2) is 0 Å². The number of methoxy groups -OCH3 is 1. The molecule has 1 aliphatic rings. The Balaban J connectivity index is 1.54. The van der Waals surface area contributed by atoms with E-state index in [4.69, 9.17) is 4.74 Å². The predicted octanol–water partition coefficient (Wildman–Crippen LogP) is 3.18. The van der Waals surface area contributed by atoms with E-state index in [1.807, 2.05) is 35.1 Å². The molecule has 27 heavy (non-hydrogen) atoms. The molecule has 4 aromatic rings. The number of pyridine rings is 2. The van der Waals surface area contributed by atoms with Gasteiger partial charge in [0.05, 0.1) is 13.0 Å². The number of carbonyl (C=O) groups excluding carboxylic acids is 1. The number of H-pyrrole nitrogens is 1. The van der Waals surface area contributed by atoms with Gasteiger partial charge in [-0.15, -0.1) is 0 Å². The molecular formula is C19H16FN5O2. The molecule has 0 bridgehead atoms. The highest BCUT2D eigenvalue weighted by atomic mass is 19.1. The molecule has 0 radical (unpaired) electrons. The van der Waals surface area contributed by atoms with Gasteiger partial charge in [-0.1, -0.05) is 0 Å². The smallest absolute Gasteiger partial charge is 0.231 e. The third-order valence-electron chi connectivity index (χ3n) is 4.84. The van der Waals surface area contributed by atoms with Crippen LogP contribution in [-0.2, 0) is 4.79 Å². The lowest BCUT2D eigenvalue weighted by molar-refractivity contribution is -0.117. The second kappa shape index (κ2) is 5.80. The van der Waals surface area contributed by atoms with Crippen LogP contribution in [0, 0.1) is 5.92 Å². The van der Waals surface area contributed by atoms with Crippen LogP contribution in [0.2, 0.25) is 0 Å². The molecule has 4 aromatic heterocycles. The molecule has 0 aromatic carbocycles. The van der Waals surface area contributed by atoms with Crippen molar-refractivity contribution in [1.82, 2.24) is 19.4 Å². The summed E-state index contributed by atoms with van der Waals surface area (Å²) >= 11 is 0. The van der Waals surface area contributed by atoms with Crippen molar-refractivity contribution in [3.8, 4) is 16.9 Å². The molecular weight excluding hydrogens is 349 g/mol. The molecule has 2 N–H and O–H groups in total. The van der Waals surface area contributed by atoms with Crippen LogP contribution < -0.4 is 10.1 Å². The summed E-state index contributed by atoms with van der Waals surface area (Å²) in [6.07, 6.45) is 6.66. The SMILES string of the molecule is COc1cc2nccn2cc1-c1c[nH]c2nc(NC(=O)[C@@H]3C[C@@H]3F)ccc12. The fourth-order valence-electron chi connectivity index (χ4n) is 3.27. The number of hydrogen-bond donors (Lipinski definition) is 2. The highest BCUT2D eigenvalue weighted by Gasteiger charge is 2.43. The van der Waals surface area contributed by atoms with Crippen LogP contribution >= 0.6 is 0 Å². The van der Waals surface area contributed by atoms with Gasteiger partial charge >= 0.3 is 0 Å². The number of halogens is 1. The van der Waals surface area contributed by atoms with Crippen LogP contribution in [0.15, 0.2) is 43.0 Å². The second-order valence-electron chi connectivity index (χ2n) is 6.59. The fraction of sp³-hybridized carbons (Fsp3) is 0.211. The van der Waals surface area contributed by atoms with Crippen LogP contribution in [0.4, 0.5) is 10.2 Å². The van der Waals surface area contributed by atoms with E-state index < -0.39 is 12.1 Å². The monoisotopic (exact) mass is 365 g/mol. The normalized spacial score (nSPS) is 18.7. The van der Waals surface area contributed by atoms with Gasteiger partial charge in [-0.25, -0.2) is 14.4 Å². The first-order chi connectivity index (χ1) is 13.1. The van der Waals surface area contributed by atoms with Crippen molar-refractivity contribution in [1.29, 1.82) is 0 Å². The van der Waals surface area contributed by atoms with Crippen molar-refractivity contribution in [3.05, 3.63) is 43.0 Å². The first-order valence-electron chi connectivity index (χ1n) is 8.58. The first-order valence-corrected chi connectivity index (χ1v) is 8.58. The van der Waals surface area contributed by atoms with E-state index in [1.54, 1.807) is 19.4 Å². The zero-order valence-corrected chi connectivity index (χ0v) is 14.4. The summed E-state index contributed by atoms with van der Waals surface area (Å²) in [4.78, 5) is 23.7. The zero-order valence-electron chi connectivity index (χ0n) is 14.4. The summed E-state index contributed by atoms with van der Waals surface area (Å²) in [7, 11) is 1.62. The van der Waals surface area contributed by atoms with E-state index in [0.717, 1.165) is 22.2 Å². The lowest BCUT2D eigenvalue weighted by Gasteiger charge is -2.09. The number of nitrogens with one attached hydrogen (secondary N) is 2. The Hall–Kier alpha value is -3.42. The van der Waals surface area contributed by atoms with Gasteiger partial charge < -0.3 is 19.4 Å². The average molecular weight is 365 g/mol. The number of amides is 1. The van der Waals surface area contributed by atoms with Crippen LogP contribution in [0.3, 0.4) is 0 Å². The summed E-state index contributed by atoms with van der Waals surface area (Å²) in [5.41, 5.74) is 3.24. The molecule has 5 rings (SSSR count).